The maximum atomic E-state index is 5.42. The molecule has 1 fully saturated rings. The topological polar surface area (TPSA) is 17.4 Å². The van der Waals surface area contributed by atoms with E-state index in [9.17, 15) is 0 Å². The summed E-state index contributed by atoms with van der Waals surface area (Å²) in [5, 5.41) is 1.41. The van der Waals surface area contributed by atoms with E-state index in [0.29, 0.717) is 0 Å². The fraction of sp³-hybridized carbons (Fsp3) is 0.500. The van der Waals surface area contributed by atoms with Crippen molar-refractivity contribution in [3.63, 3.8) is 0 Å². The van der Waals surface area contributed by atoms with Crippen LogP contribution in [0.5, 0.6) is 0 Å². The predicted octanol–water partition coefficient (Wildman–Crippen LogP) is 2.80. The average Bonchev–Trinajstić information content (AvgIpc) is 2.80. The van der Waals surface area contributed by atoms with E-state index in [4.69, 9.17) is 4.74 Å². The molecule has 1 saturated heterocycles. The summed E-state index contributed by atoms with van der Waals surface area (Å²) in [6.07, 6.45) is 2.33. The Labute approximate surface area is 114 Å². The highest BCUT2D eigenvalue weighted by Gasteiger charge is 2.15. The smallest absolute Gasteiger partial charge is 0.0594 e. The fourth-order valence-electron chi connectivity index (χ4n) is 3.00. The van der Waals surface area contributed by atoms with Gasteiger partial charge < -0.3 is 9.30 Å². The Hall–Kier alpha value is -1.32. The van der Waals surface area contributed by atoms with Gasteiger partial charge in [-0.05, 0) is 25.0 Å². The number of ether oxygens (including phenoxy) is 1. The number of benzene rings is 1. The van der Waals surface area contributed by atoms with Crippen molar-refractivity contribution in [2.24, 2.45) is 0 Å². The van der Waals surface area contributed by atoms with Gasteiger partial charge in [0, 0.05) is 37.8 Å². The minimum atomic E-state index is 0.867. The SMILES string of the molecule is CCn1cc(CN2CCOCC2)c2cccc(C)c21. The summed E-state index contributed by atoms with van der Waals surface area (Å²) in [4.78, 5) is 2.49. The molecular weight excluding hydrogens is 236 g/mol. The van der Waals surface area contributed by atoms with Gasteiger partial charge in [-0.15, -0.1) is 0 Å². The molecule has 0 spiro atoms. The van der Waals surface area contributed by atoms with Gasteiger partial charge in [-0.1, -0.05) is 18.2 Å². The molecule has 3 rings (SSSR count). The summed E-state index contributed by atoms with van der Waals surface area (Å²) in [5.74, 6) is 0. The maximum Gasteiger partial charge on any atom is 0.0594 e. The largest absolute Gasteiger partial charge is 0.379 e. The lowest BCUT2D eigenvalue weighted by molar-refractivity contribution is 0.0343. The first kappa shape index (κ1) is 12.7. The highest BCUT2D eigenvalue weighted by molar-refractivity contribution is 5.86. The standard InChI is InChI=1S/C16H22N2O/c1-3-18-12-14(11-17-7-9-19-10-8-17)15-6-4-5-13(2)16(15)18/h4-6,12H,3,7-11H2,1-2H3. The van der Waals surface area contributed by atoms with Crippen molar-refractivity contribution in [2.75, 3.05) is 26.3 Å². The molecule has 102 valence electrons. The number of fused-ring (bicyclic) bond motifs is 1. The monoisotopic (exact) mass is 258 g/mol. The average molecular weight is 258 g/mol. The zero-order chi connectivity index (χ0) is 13.2. The molecule has 0 unspecified atom stereocenters. The van der Waals surface area contributed by atoms with Gasteiger partial charge >= 0.3 is 0 Å². The number of nitrogens with zero attached hydrogens (tertiary/aromatic N) is 2. The molecule has 0 atom stereocenters. The molecule has 0 N–H and O–H groups in total. The van der Waals surface area contributed by atoms with Crippen LogP contribution in [0.1, 0.15) is 18.1 Å². The molecule has 1 aliphatic rings. The van der Waals surface area contributed by atoms with Crippen molar-refractivity contribution in [1.82, 2.24) is 9.47 Å². The third-order valence-electron chi connectivity index (χ3n) is 4.02. The van der Waals surface area contributed by atoms with E-state index in [1.54, 1.807) is 0 Å². The van der Waals surface area contributed by atoms with E-state index in [0.717, 1.165) is 39.4 Å². The minimum Gasteiger partial charge on any atom is -0.379 e. The number of aryl methyl sites for hydroxylation is 2. The highest BCUT2D eigenvalue weighted by atomic mass is 16.5. The number of hydrogen-bond acceptors (Lipinski definition) is 2. The molecule has 19 heavy (non-hydrogen) atoms. The Morgan fingerprint density at radius 2 is 2.00 bits per heavy atom. The van der Waals surface area contributed by atoms with E-state index in [2.05, 4.69) is 47.7 Å². The molecule has 1 aliphatic heterocycles. The summed E-state index contributed by atoms with van der Waals surface area (Å²) in [6.45, 7) is 10.3. The molecule has 0 amide bonds. The number of rotatable bonds is 3. The normalized spacial score (nSPS) is 17.2. The van der Waals surface area contributed by atoms with E-state index >= 15 is 0 Å². The van der Waals surface area contributed by atoms with E-state index in [1.807, 2.05) is 0 Å². The van der Waals surface area contributed by atoms with Gasteiger partial charge in [-0.2, -0.15) is 0 Å². The zero-order valence-electron chi connectivity index (χ0n) is 11.9. The van der Waals surface area contributed by atoms with Gasteiger partial charge in [0.2, 0.25) is 0 Å². The van der Waals surface area contributed by atoms with Gasteiger partial charge in [0.1, 0.15) is 0 Å². The van der Waals surface area contributed by atoms with Crippen LogP contribution in [-0.4, -0.2) is 35.8 Å². The van der Waals surface area contributed by atoms with Crippen molar-refractivity contribution >= 4 is 10.9 Å². The second-order valence-electron chi connectivity index (χ2n) is 5.30. The molecule has 1 aromatic heterocycles. The Kier molecular flexibility index (Phi) is 3.58. The van der Waals surface area contributed by atoms with E-state index in [-0.39, 0.29) is 0 Å². The van der Waals surface area contributed by atoms with Gasteiger partial charge in [0.05, 0.1) is 18.7 Å². The minimum absolute atomic E-state index is 0.867. The lowest BCUT2D eigenvalue weighted by Crippen LogP contribution is -2.35. The van der Waals surface area contributed by atoms with E-state index in [1.165, 1.54) is 22.0 Å². The first-order valence-electron chi connectivity index (χ1n) is 7.17. The van der Waals surface area contributed by atoms with Crippen LogP contribution in [0.3, 0.4) is 0 Å². The highest BCUT2D eigenvalue weighted by Crippen LogP contribution is 2.25. The third kappa shape index (κ3) is 2.40. The van der Waals surface area contributed by atoms with Crippen LogP contribution < -0.4 is 0 Å². The van der Waals surface area contributed by atoms with Crippen LogP contribution in [0.25, 0.3) is 10.9 Å². The Balaban J connectivity index is 1.96. The van der Waals surface area contributed by atoms with Crippen LogP contribution in [0.2, 0.25) is 0 Å². The quantitative estimate of drug-likeness (QED) is 0.842. The summed E-state index contributed by atoms with van der Waals surface area (Å²) in [5.41, 5.74) is 4.21. The number of para-hydroxylation sites is 1. The molecule has 3 nitrogen and oxygen atoms in total. The summed E-state index contributed by atoms with van der Waals surface area (Å²) in [6, 6.07) is 6.62. The molecule has 0 radical (unpaired) electrons. The fourth-order valence-corrected chi connectivity index (χ4v) is 3.00. The van der Waals surface area contributed by atoms with Crippen molar-refractivity contribution in [3.05, 3.63) is 35.5 Å². The van der Waals surface area contributed by atoms with Crippen LogP contribution in [0, 0.1) is 6.92 Å². The van der Waals surface area contributed by atoms with Gasteiger partial charge in [0.15, 0.2) is 0 Å². The molecule has 0 aliphatic carbocycles. The molecule has 3 heteroatoms. The number of morpholine rings is 1. The van der Waals surface area contributed by atoms with Crippen molar-refractivity contribution in [3.8, 4) is 0 Å². The van der Waals surface area contributed by atoms with Crippen LogP contribution in [0.15, 0.2) is 24.4 Å². The van der Waals surface area contributed by atoms with Crippen LogP contribution >= 0.6 is 0 Å². The van der Waals surface area contributed by atoms with E-state index < -0.39 is 0 Å². The third-order valence-corrected chi connectivity index (χ3v) is 4.02. The first-order valence-corrected chi connectivity index (χ1v) is 7.17. The predicted molar refractivity (Wildman–Crippen MR) is 78.4 cm³/mol. The second kappa shape index (κ2) is 5.35. The zero-order valence-corrected chi connectivity index (χ0v) is 11.9. The summed E-state index contributed by atoms with van der Waals surface area (Å²) >= 11 is 0. The van der Waals surface area contributed by atoms with Crippen molar-refractivity contribution in [2.45, 2.75) is 26.9 Å². The molecule has 0 bridgehead atoms. The first-order chi connectivity index (χ1) is 9.29. The van der Waals surface area contributed by atoms with Crippen molar-refractivity contribution in [1.29, 1.82) is 0 Å². The number of hydrogen-bond donors (Lipinski definition) is 0. The lowest BCUT2D eigenvalue weighted by Gasteiger charge is -2.26. The summed E-state index contributed by atoms with van der Waals surface area (Å²) in [7, 11) is 0. The second-order valence-corrected chi connectivity index (χ2v) is 5.30. The molecule has 0 saturated carbocycles. The number of aromatic nitrogens is 1. The Bertz CT molecular complexity index is 567. The van der Waals surface area contributed by atoms with Gasteiger partial charge in [-0.25, -0.2) is 0 Å². The molecular formula is C16H22N2O. The Morgan fingerprint density at radius 1 is 1.21 bits per heavy atom. The Morgan fingerprint density at radius 3 is 2.74 bits per heavy atom. The van der Waals surface area contributed by atoms with Crippen LogP contribution in [-0.2, 0) is 17.8 Å². The van der Waals surface area contributed by atoms with Gasteiger partial charge in [0.25, 0.3) is 0 Å². The lowest BCUT2D eigenvalue weighted by atomic mass is 10.1. The maximum absolute atomic E-state index is 5.42. The van der Waals surface area contributed by atoms with Crippen LogP contribution in [0.4, 0.5) is 0 Å². The summed E-state index contributed by atoms with van der Waals surface area (Å²) < 4.78 is 7.80. The molecule has 1 aromatic carbocycles. The van der Waals surface area contributed by atoms with Crippen molar-refractivity contribution < 1.29 is 4.74 Å². The molecule has 2 aromatic rings. The molecule has 2 heterocycles. The van der Waals surface area contributed by atoms with Gasteiger partial charge in [-0.3, -0.25) is 4.90 Å².